The summed E-state index contributed by atoms with van der Waals surface area (Å²) in [4.78, 5) is 43.5. The molecule has 1 unspecified atom stereocenters. The van der Waals surface area contributed by atoms with Gasteiger partial charge >= 0.3 is 0 Å². The highest BCUT2D eigenvalue weighted by atomic mass is 16.2. The zero-order valence-electron chi connectivity index (χ0n) is 13.5. The molecule has 3 rings (SSSR count). The van der Waals surface area contributed by atoms with Crippen molar-refractivity contribution in [1.29, 1.82) is 0 Å². The molecular formula is C17H23N3O3. The molecule has 1 aromatic rings. The fourth-order valence-corrected chi connectivity index (χ4v) is 3.94. The van der Waals surface area contributed by atoms with Gasteiger partial charge < -0.3 is 14.8 Å². The van der Waals surface area contributed by atoms with Gasteiger partial charge in [0.25, 0.3) is 5.91 Å². The van der Waals surface area contributed by atoms with E-state index in [1.807, 2.05) is 4.90 Å². The van der Waals surface area contributed by atoms with Crippen molar-refractivity contribution in [3.63, 3.8) is 0 Å². The number of piperidine rings is 1. The zero-order chi connectivity index (χ0) is 16.4. The number of hydrogen-bond acceptors (Lipinski definition) is 3. The largest absolute Gasteiger partial charge is 0.341 e. The lowest BCUT2D eigenvalue weighted by Crippen LogP contribution is -2.61. The van der Waals surface area contributed by atoms with Crippen LogP contribution in [0.1, 0.15) is 49.4 Å². The first-order valence-electron chi connectivity index (χ1n) is 8.38. The van der Waals surface area contributed by atoms with Crippen LogP contribution in [0.3, 0.4) is 0 Å². The Kier molecular flexibility index (Phi) is 4.24. The van der Waals surface area contributed by atoms with E-state index in [0.717, 1.165) is 45.2 Å². The van der Waals surface area contributed by atoms with Crippen LogP contribution in [0.25, 0.3) is 0 Å². The van der Waals surface area contributed by atoms with E-state index >= 15 is 0 Å². The van der Waals surface area contributed by atoms with E-state index in [-0.39, 0.29) is 17.4 Å². The molecule has 2 amide bonds. The predicted molar refractivity (Wildman–Crippen MR) is 86.2 cm³/mol. The Bertz CT molecular complexity index is 667. The monoisotopic (exact) mass is 317 g/mol. The number of rotatable bonds is 3. The van der Waals surface area contributed by atoms with Gasteiger partial charge in [0.05, 0.1) is 0 Å². The van der Waals surface area contributed by atoms with E-state index in [4.69, 9.17) is 0 Å². The van der Waals surface area contributed by atoms with Gasteiger partial charge in [-0.25, -0.2) is 0 Å². The second-order valence-corrected chi connectivity index (χ2v) is 6.43. The van der Waals surface area contributed by atoms with E-state index in [1.54, 1.807) is 11.0 Å². The maximum atomic E-state index is 13.0. The normalized spacial score (nSPS) is 24.5. The van der Waals surface area contributed by atoms with E-state index in [0.29, 0.717) is 12.1 Å². The number of H-pyrrole nitrogens is 1. The lowest BCUT2D eigenvalue weighted by Gasteiger charge is -2.44. The summed E-state index contributed by atoms with van der Waals surface area (Å²) in [5.74, 6) is -0.124. The molecule has 1 spiro atoms. The molecule has 0 aromatic carbocycles. The van der Waals surface area contributed by atoms with Crippen LogP contribution in [0.4, 0.5) is 0 Å². The van der Waals surface area contributed by atoms with Gasteiger partial charge in [0, 0.05) is 37.5 Å². The maximum absolute atomic E-state index is 13.0. The van der Waals surface area contributed by atoms with Gasteiger partial charge in [-0.05, 0) is 38.2 Å². The third-order valence-electron chi connectivity index (χ3n) is 4.95. The highest BCUT2D eigenvalue weighted by Gasteiger charge is 2.52. The molecule has 2 aliphatic rings. The van der Waals surface area contributed by atoms with Crippen molar-refractivity contribution in [2.24, 2.45) is 0 Å². The Morgan fingerprint density at radius 3 is 2.70 bits per heavy atom. The first-order valence-corrected chi connectivity index (χ1v) is 8.38. The number of nitrogens with zero attached hydrogens (tertiary/aromatic N) is 2. The van der Waals surface area contributed by atoms with E-state index < -0.39 is 5.54 Å². The lowest BCUT2D eigenvalue weighted by atomic mass is 9.85. The van der Waals surface area contributed by atoms with Crippen LogP contribution in [0.15, 0.2) is 23.1 Å². The van der Waals surface area contributed by atoms with Gasteiger partial charge in [-0.3, -0.25) is 14.4 Å². The van der Waals surface area contributed by atoms with E-state index in [1.165, 1.54) is 12.3 Å². The Morgan fingerprint density at radius 2 is 2.00 bits per heavy atom. The fraction of sp³-hybridized carbons (Fsp3) is 0.588. The predicted octanol–water partition coefficient (Wildman–Crippen LogP) is 1.38. The Labute approximate surface area is 135 Å². The Morgan fingerprint density at radius 1 is 1.26 bits per heavy atom. The van der Waals surface area contributed by atoms with Crippen LogP contribution in [0.2, 0.25) is 0 Å². The van der Waals surface area contributed by atoms with Crippen LogP contribution in [0.5, 0.6) is 0 Å². The summed E-state index contributed by atoms with van der Waals surface area (Å²) in [6.45, 7) is 4.16. The second kappa shape index (κ2) is 6.18. The summed E-state index contributed by atoms with van der Waals surface area (Å²) >= 11 is 0. The van der Waals surface area contributed by atoms with Crippen molar-refractivity contribution in [2.45, 2.75) is 44.6 Å². The Balaban J connectivity index is 1.91. The maximum Gasteiger partial charge on any atom is 0.255 e. The summed E-state index contributed by atoms with van der Waals surface area (Å²) < 4.78 is 0. The average molecular weight is 317 g/mol. The minimum Gasteiger partial charge on any atom is -0.341 e. The van der Waals surface area contributed by atoms with Crippen molar-refractivity contribution in [1.82, 2.24) is 14.8 Å². The number of nitrogens with one attached hydrogen (secondary N) is 1. The molecule has 3 heterocycles. The Hall–Kier alpha value is -2.11. The van der Waals surface area contributed by atoms with Gasteiger partial charge in [-0.15, -0.1) is 0 Å². The van der Waals surface area contributed by atoms with Crippen molar-refractivity contribution in [2.75, 3.05) is 19.6 Å². The molecular weight excluding hydrogens is 294 g/mol. The first kappa shape index (κ1) is 15.8. The first-order chi connectivity index (χ1) is 11.1. The van der Waals surface area contributed by atoms with Crippen molar-refractivity contribution < 1.29 is 9.59 Å². The molecule has 0 bridgehead atoms. The number of pyridine rings is 1. The third kappa shape index (κ3) is 2.66. The molecule has 2 saturated heterocycles. The number of hydrogen-bond donors (Lipinski definition) is 1. The number of likely N-dealkylation sites (tertiary alicyclic amines) is 2. The molecule has 124 valence electrons. The van der Waals surface area contributed by atoms with Crippen molar-refractivity contribution in [3.05, 3.63) is 34.2 Å². The topological polar surface area (TPSA) is 73.5 Å². The summed E-state index contributed by atoms with van der Waals surface area (Å²) in [6, 6.07) is 2.92. The smallest absolute Gasteiger partial charge is 0.255 e. The van der Waals surface area contributed by atoms with Crippen LogP contribution in [-0.4, -0.2) is 51.8 Å². The number of aromatic amines is 1. The molecule has 6 heteroatoms. The lowest BCUT2D eigenvalue weighted by molar-refractivity contribution is -0.145. The molecule has 1 N–H and O–H groups in total. The van der Waals surface area contributed by atoms with Gasteiger partial charge in [0.1, 0.15) is 5.54 Å². The molecule has 2 fully saturated rings. The highest BCUT2D eigenvalue weighted by Crippen LogP contribution is 2.39. The number of carbonyl (C=O) groups excluding carboxylic acids is 2. The molecule has 0 saturated carbocycles. The second-order valence-electron chi connectivity index (χ2n) is 6.43. The SMILES string of the molecule is CCCN1CCCC2(CCCN2C(=O)c2cc[nH]c(=O)c2)C1=O. The quantitative estimate of drug-likeness (QED) is 0.915. The minimum absolute atomic E-state index is 0.0845. The third-order valence-corrected chi connectivity index (χ3v) is 4.95. The number of carbonyl (C=O) groups is 2. The minimum atomic E-state index is -0.701. The van der Waals surface area contributed by atoms with Crippen molar-refractivity contribution in [3.8, 4) is 0 Å². The van der Waals surface area contributed by atoms with Gasteiger partial charge in [0.15, 0.2) is 0 Å². The standard InChI is InChI=1S/C17H23N3O3/c1-2-9-19-10-3-6-17(16(19)23)7-4-11-20(17)15(22)13-5-8-18-14(21)12-13/h5,8,12H,2-4,6-7,9-11H2,1H3,(H,18,21). The van der Waals surface area contributed by atoms with E-state index in [2.05, 4.69) is 11.9 Å². The summed E-state index contributed by atoms with van der Waals surface area (Å²) in [7, 11) is 0. The molecule has 0 radical (unpaired) electrons. The van der Waals surface area contributed by atoms with Gasteiger partial charge in [-0.1, -0.05) is 6.92 Å². The van der Waals surface area contributed by atoms with Gasteiger partial charge in [0.2, 0.25) is 11.5 Å². The summed E-state index contributed by atoms with van der Waals surface area (Å²) in [6.07, 6.45) is 5.60. The molecule has 23 heavy (non-hydrogen) atoms. The number of aromatic nitrogens is 1. The highest BCUT2D eigenvalue weighted by molar-refractivity contribution is 5.99. The molecule has 1 aromatic heterocycles. The molecule has 1 atom stereocenters. The van der Waals surface area contributed by atoms with Crippen LogP contribution in [-0.2, 0) is 4.79 Å². The zero-order valence-corrected chi connectivity index (χ0v) is 13.5. The molecule has 6 nitrogen and oxygen atoms in total. The molecule has 0 aliphatic carbocycles. The fourth-order valence-electron chi connectivity index (χ4n) is 3.94. The summed E-state index contributed by atoms with van der Waals surface area (Å²) in [5, 5.41) is 0. The van der Waals surface area contributed by atoms with Gasteiger partial charge in [-0.2, -0.15) is 0 Å². The number of amides is 2. The average Bonchev–Trinajstić information content (AvgIpc) is 2.96. The molecule has 2 aliphatic heterocycles. The van der Waals surface area contributed by atoms with E-state index in [9.17, 15) is 14.4 Å². The summed E-state index contributed by atoms with van der Waals surface area (Å²) in [5.41, 5.74) is -0.644. The van der Waals surface area contributed by atoms with Crippen LogP contribution >= 0.6 is 0 Å². The van der Waals surface area contributed by atoms with Crippen molar-refractivity contribution >= 4 is 11.8 Å². The van der Waals surface area contributed by atoms with Crippen LogP contribution < -0.4 is 5.56 Å². The van der Waals surface area contributed by atoms with Crippen LogP contribution in [0, 0.1) is 0 Å².